The van der Waals surface area contributed by atoms with Gasteiger partial charge in [0.05, 0.1) is 22.2 Å². The normalized spacial score (nSPS) is 11.3. The maximum Gasteiger partial charge on any atom is 0.137 e. The van der Waals surface area contributed by atoms with Crippen molar-refractivity contribution >= 4 is 44.5 Å². The molecule has 4 heteroatoms. The van der Waals surface area contributed by atoms with E-state index in [9.17, 15) is 0 Å². The van der Waals surface area contributed by atoms with E-state index in [1.165, 1.54) is 3.57 Å². The quantitative estimate of drug-likeness (QED) is 0.318. The molecule has 0 saturated carbocycles. The number of aromatic nitrogens is 3. The molecule has 0 aliphatic heterocycles. The second-order valence-corrected chi connectivity index (χ2v) is 7.36. The molecule has 3 nitrogen and oxygen atoms in total. The molecule has 5 rings (SSSR count). The maximum atomic E-state index is 5.01. The van der Waals surface area contributed by atoms with Crippen molar-refractivity contribution in [3.8, 4) is 17.1 Å². The molecule has 5 aromatic rings. The number of hydrogen-bond acceptors (Lipinski definition) is 2. The Bertz CT molecular complexity index is 1230. The second kappa shape index (κ2) is 6.21. The van der Waals surface area contributed by atoms with Crippen molar-refractivity contribution in [1.82, 2.24) is 14.5 Å². The lowest BCUT2D eigenvalue weighted by Crippen LogP contribution is -1.96. The van der Waals surface area contributed by atoms with Crippen LogP contribution in [0.25, 0.3) is 39.0 Å². The van der Waals surface area contributed by atoms with E-state index in [2.05, 4.69) is 74.6 Å². The minimum Gasteiger partial charge on any atom is -0.292 e. The highest BCUT2D eigenvalue weighted by Gasteiger charge is 2.15. The van der Waals surface area contributed by atoms with Gasteiger partial charge < -0.3 is 0 Å². The third-order valence-corrected chi connectivity index (χ3v) is 5.19. The summed E-state index contributed by atoms with van der Waals surface area (Å²) in [5.41, 5.74) is 5.30. The number of pyridine rings is 2. The van der Waals surface area contributed by atoms with E-state index in [-0.39, 0.29) is 0 Å². The minimum absolute atomic E-state index is 0.906. The lowest BCUT2D eigenvalue weighted by Gasteiger charge is -2.06. The highest BCUT2D eigenvalue weighted by molar-refractivity contribution is 14.1. The number of hydrogen-bond donors (Lipinski definition) is 0. The van der Waals surface area contributed by atoms with Gasteiger partial charge >= 0.3 is 0 Å². The molecule has 26 heavy (non-hydrogen) atoms. The summed E-state index contributed by atoms with van der Waals surface area (Å²) in [6, 6.07) is 27.0. The van der Waals surface area contributed by atoms with Crippen LogP contribution < -0.4 is 0 Å². The molecule has 3 heterocycles. The van der Waals surface area contributed by atoms with Crippen LogP contribution in [0.3, 0.4) is 0 Å². The Morgan fingerprint density at radius 2 is 1.58 bits per heavy atom. The lowest BCUT2D eigenvalue weighted by atomic mass is 10.1. The van der Waals surface area contributed by atoms with Crippen molar-refractivity contribution in [1.29, 1.82) is 0 Å². The Kier molecular flexibility index (Phi) is 3.71. The molecule has 3 aromatic heterocycles. The molecule has 0 radical (unpaired) electrons. The number of halogens is 1. The van der Waals surface area contributed by atoms with Crippen molar-refractivity contribution in [2.24, 2.45) is 0 Å². The first-order chi connectivity index (χ1) is 12.8. The van der Waals surface area contributed by atoms with Gasteiger partial charge in [-0.3, -0.25) is 4.57 Å². The predicted octanol–water partition coefficient (Wildman–Crippen LogP) is 5.85. The summed E-state index contributed by atoms with van der Waals surface area (Å²) in [6.45, 7) is 0. The van der Waals surface area contributed by atoms with Gasteiger partial charge in [0.2, 0.25) is 0 Å². The van der Waals surface area contributed by atoms with Crippen molar-refractivity contribution in [3.05, 3.63) is 88.6 Å². The standard InChI is InChI=1S/C22H14IN3/c23-16-9-11-19-17(14-16)22-20(26(19)21-8-4-5-13-24-21)12-10-18(25-22)15-6-2-1-3-7-15/h1-14H. The average Bonchev–Trinajstić information content (AvgIpc) is 3.02. The number of nitrogens with zero attached hydrogens (tertiary/aromatic N) is 3. The molecule has 0 spiro atoms. The molecule has 0 saturated heterocycles. The third kappa shape index (κ3) is 2.49. The molecule has 2 aromatic carbocycles. The van der Waals surface area contributed by atoms with E-state index in [1.807, 2.05) is 42.6 Å². The molecule has 0 amide bonds. The van der Waals surface area contributed by atoms with Crippen LogP contribution in [0.2, 0.25) is 0 Å². The third-order valence-electron chi connectivity index (χ3n) is 4.52. The van der Waals surface area contributed by atoms with E-state index in [0.29, 0.717) is 0 Å². The van der Waals surface area contributed by atoms with Crippen LogP contribution in [0.5, 0.6) is 0 Å². The fourth-order valence-electron chi connectivity index (χ4n) is 3.36. The first kappa shape index (κ1) is 15.5. The monoisotopic (exact) mass is 447 g/mol. The van der Waals surface area contributed by atoms with E-state index < -0.39 is 0 Å². The molecule has 0 N–H and O–H groups in total. The van der Waals surface area contributed by atoms with Crippen LogP contribution in [0.15, 0.2) is 85.1 Å². The summed E-state index contributed by atoms with van der Waals surface area (Å²) in [5.74, 6) is 0.906. The minimum atomic E-state index is 0.906. The van der Waals surface area contributed by atoms with Crippen molar-refractivity contribution in [3.63, 3.8) is 0 Å². The Morgan fingerprint density at radius 1 is 0.769 bits per heavy atom. The summed E-state index contributed by atoms with van der Waals surface area (Å²) in [6.07, 6.45) is 1.82. The van der Waals surface area contributed by atoms with Gasteiger partial charge in [-0.05, 0) is 65.1 Å². The SMILES string of the molecule is Ic1ccc2c(c1)c1nc(-c3ccccc3)ccc1n2-c1ccccn1. The van der Waals surface area contributed by atoms with Gasteiger partial charge in [0.1, 0.15) is 5.82 Å². The van der Waals surface area contributed by atoms with Crippen LogP contribution in [0, 0.1) is 3.57 Å². The van der Waals surface area contributed by atoms with Gasteiger partial charge in [0.15, 0.2) is 0 Å². The molecule has 124 valence electrons. The second-order valence-electron chi connectivity index (χ2n) is 6.12. The Balaban J connectivity index is 1.87. The Hall–Kier alpha value is -2.73. The number of rotatable bonds is 2. The van der Waals surface area contributed by atoms with Crippen LogP contribution in [-0.2, 0) is 0 Å². The zero-order valence-electron chi connectivity index (χ0n) is 13.8. The largest absolute Gasteiger partial charge is 0.292 e. The summed E-state index contributed by atoms with van der Waals surface area (Å²) in [7, 11) is 0. The summed E-state index contributed by atoms with van der Waals surface area (Å²) in [5, 5.41) is 1.15. The van der Waals surface area contributed by atoms with Gasteiger partial charge in [-0.25, -0.2) is 9.97 Å². The van der Waals surface area contributed by atoms with Gasteiger partial charge in [0, 0.05) is 20.7 Å². The molecule has 0 bridgehead atoms. The molecular weight excluding hydrogens is 433 g/mol. The van der Waals surface area contributed by atoms with E-state index >= 15 is 0 Å². The fourth-order valence-corrected chi connectivity index (χ4v) is 3.85. The molecule has 0 unspecified atom stereocenters. The average molecular weight is 447 g/mol. The van der Waals surface area contributed by atoms with E-state index in [1.54, 1.807) is 0 Å². The van der Waals surface area contributed by atoms with Crippen LogP contribution in [0.4, 0.5) is 0 Å². The molecule has 0 aliphatic carbocycles. The van der Waals surface area contributed by atoms with Crippen molar-refractivity contribution < 1.29 is 0 Å². The summed E-state index contributed by atoms with van der Waals surface area (Å²) < 4.78 is 3.38. The zero-order valence-corrected chi connectivity index (χ0v) is 16.0. The van der Waals surface area contributed by atoms with Gasteiger partial charge in [-0.1, -0.05) is 36.4 Å². The van der Waals surface area contributed by atoms with Crippen LogP contribution in [-0.4, -0.2) is 14.5 Å². The molecular formula is C22H14IN3. The van der Waals surface area contributed by atoms with Gasteiger partial charge in [0.25, 0.3) is 0 Å². The van der Waals surface area contributed by atoms with Crippen LogP contribution >= 0.6 is 22.6 Å². The lowest BCUT2D eigenvalue weighted by molar-refractivity contribution is 1.08. The van der Waals surface area contributed by atoms with E-state index in [0.717, 1.165) is 39.0 Å². The predicted molar refractivity (Wildman–Crippen MR) is 115 cm³/mol. The summed E-state index contributed by atoms with van der Waals surface area (Å²) in [4.78, 5) is 9.57. The Morgan fingerprint density at radius 3 is 2.38 bits per heavy atom. The fraction of sp³-hybridized carbons (Fsp3) is 0. The van der Waals surface area contributed by atoms with Crippen molar-refractivity contribution in [2.45, 2.75) is 0 Å². The van der Waals surface area contributed by atoms with Crippen molar-refractivity contribution in [2.75, 3.05) is 0 Å². The molecule has 0 atom stereocenters. The highest BCUT2D eigenvalue weighted by atomic mass is 127. The van der Waals surface area contributed by atoms with Crippen LogP contribution in [0.1, 0.15) is 0 Å². The zero-order chi connectivity index (χ0) is 17.5. The first-order valence-corrected chi connectivity index (χ1v) is 9.47. The topological polar surface area (TPSA) is 30.7 Å². The number of fused-ring (bicyclic) bond motifs is 3. The Labute approximate surface area is 164 Å². The number of benzene rings is 2. The highest BCUT2D eigenvalue weighted by Crippen LogP contribution is 2.33. The molecule has 0 aliphatic rings. The van der Waals surface area contributed by atoms with Gasteiger partial charge in [-0.15, -0.1) is 0 Å². The van der Waals surface area contributed by atoms with Gasteiger partial charge in [-0.2, -0.15) is 0 Å². The first-order valence-electron chi connectivity index (χ1n) is 8.39. The summed E-state index contributed by atoms with van der Waals surface area (Å²) >= 11 is 2.35. The van der Waals surface area contributed by atoms with E-state index in [4.69, 9.17) is 4.98 Å². The smallest absolute Gasteiger partial charge is 0.137 e. The maximum absolute atomic E-state index is 5.01. The molecule has 0 fully saturated rings.